The summed E-state index contributed by atoms with van der Waals surface area (Å²) in [4.78, 5) is 15.3. The first kappa shape index (κ1) is 25.8. The van der Waals surface area contributed by atoms with Gasteiger partial charge in [0.2, 0.25) is 0 Å². The molecule has 0 saturated heterocycles. The van der Waals surface area contributed by atoms with Crippen LogP contribution in [0.4, 0.5) is 0 Å². The van der Waals surface area contributed by atoms with Crippen LogP contribution in [0.25, 0.3) is 0 Å². The summed E-state index contributed by atoms with van der Waals surface area (Å²) < 4.78 is 11.6. The zero-order valence-electron chi connectivity index (χ0n) is 18.3. The van der Waals surface area contributed by atoms with Crippen LogP contribution in [0.3, 0.4) is 0 Å². The number of benzene rings is 1. The summed E-state index contributed by atoms with van der Waals surface area (Å²) in [5, 5.41) is 6.44. The van der Waals surface area contributed by atoms with Crippen LogP contribution in [0.15, 0.2) is 39.7 Å². The smallest absolute Gasteiger partial charge is 0.284 e. The lowest BCUT2D eigenvalue weighted by atomic mass is 10.1. The topological polar surface area (TPSA) is 102 Å². The molecule has 1 unspecified atom stereocenters. The Morgan fingerprint density at radius 2 is 1.87 bits per heavy atom. The predicted molar refractivity (Wildman–Crippen MR) is 130 cm³/mol. The van der Waals surface area contributed by atoms with Crippen LogP contribution in [0.5, 0.6) is 5.75 Å². The van der Waals surface area contributed by atoms with Crippen molar-refractivity contribution < 1.29 is 13.9 Å². The molecule has 0 spiro atoms. The van der Waals surface area contributed by atoms with Gasteiger partial charge in [-0.1, -0.05) is 26.0 Å². The van der Waals surface area contributed by atoms with Gasteiger partial charge in [-0.2, -0.15) is 0 Å². The molecule has 0 aliphatic rings. The number of rotatable bonds is 9. The van der Waals surface area contributed by atoms with Crippen molar-refractivity contribution in [2.75, 3.05) is 7.05 Å². The highest BCUT2D eigenvalue weighted by molar-refractivity contribution is 14.0. The van der Waals surface area contributed by atoms with E-state index >= 15 is 0 Å². The highest BCUT2D eigenvalue weighted by atomic mass is 127. The minimum atomic E-state index is -0.586. The molecule has 0 bridgehead atoms. The summed E-state index contributed by atoms with van der Waals surface area (Å²) in [6.45, 7) is 9.49. The van der Waals surface area contributed by atoms with Gasteiger partial charge in [0.25, 0.3) is 5.91 Å². The third kappa shape index (κ3) is 8.25. The predicted octanol–water partition coefficient (Wildman–Crippen LogP) is 3.98. The van der Waals surface area contributed by atoms with Gasteiger partial charge in [-0.15, -0.1) is 24.0 Å². The summed E-state index contributed by atoms with van der Waals surface area (Å²) in [5.74, 6) is 2.24. The van der Waals surface area contributed by atoms with Crippen molar-refractivity contribution >= 4 is 35.8 Å². The van der Waals surface area contributed by atoms with Crippen LogP contribution >= 0.6 is 24.0 Å². The fourth-order valence-corrected chi connectivity index (χ4v) is 3.02. The second-order valence-electron chi connectivity index (χ2n) is 7.58. The number of halogens is 1. The van der Waals surface area contributed by atoms with E-state index in [2.05, 4.69) is 61.5 Å². The first-order valence-corrected chi connectivity index (χ1v) is 9.87. The Morgan fingerprint density at radius 1 is 1.17 bits per heavy atom. The summed E-state index contributed by atoms with van der Waals surface area (Å²) >= 11 is 0. The van der Waals surface area contributed by atoms with E-state index in [1.165, 1.54) is 0 Å². The molecular formula is C22H33IN4O3. The average molecular weight is 528 g/mol. The monoisotopic (exact) mass is 528 g/mol. The minimum absolute atomic E-state index is 0. The Balaban J connectivity index is 0.00000450. The summed E-state index contributed by atoms with van der Waals surface area (Å²) in [5.41, 5.74) is 7.42. The number of ether oxygens (including phenoxy) is 1. The van der Waals surface area contributed by atoms with Crippen LogP contribution in [0.1, 0.15) is 54.6 Å². The van der Waals surface area contributed by atoms with Crippen molar-refractivity contribution in [1.29, 1.82) is 0 Å². The first-order chi connectivity index (χ1) is 13.8. The molecule has 1 heterocycles. The molecule has 7 nitrogen and oxygen atoms in total. The molecule has 8 heteroatoms. The van der Waals surface area contributed by atoms with Crippen molar-refractivity contribution in [1.82, 2.24) is 10.6 Å². The van der Waals surface area contributed by atoms with Gasteiger partial charge < -0.3 is 25.5 Å². The Kier molecular flexibility index (Phi) is 10.7. The fourth-order valence-electron chi connectivity index (χ4n) is 3.02. The molecule has 30 heavy (non-hydrogen) atoms. The van der Waals surface area contributed by atoms with E-state index in [9.17, 15) is 4.79 Å². The number of amides is 1. The molecule has 1 amide bonds. The quantitative estimate of drug-likeness (QED) is 0.260. The van der Waals surface area contributed by atoms with Gasteiger partial charge in [-0.05, 0) is 49.9 Å². The van der Waals surface area contributed by atoms with Crippen LogP contribution in [0, 0.1) is 12.8 Å². The van der Waals surface area contributed by atoms with Crippen molar-refractivity contribution in [3.8, 4) is 5.75 Å². The van der Waals surface area contributed by atoms with Crippen molar-refractivity contribution in [3.63, 3.8) is 0 Å². The largest absolute Gasteiger partial charge is 0.490 e. The number of hydrogen-bond acceptors (Lipinski definition) is 4. The van der Waals surface area contributed by atoms with Crippen LogP contribution in [-0.2, 0) is 13.1 Å². The van der Waals surface area contributed by atoms with Gasteiger partial charge in [-0.3, -0.25) is 9.79 Å². The maximum absolute atomic E-state index is 11.1. The van der Waals surface area contributed by atoms with Gasteiger partial charge in [0.05, 0.1) is 12.6 Å². The third-order valence-corrected chi connectivity index (χ3v) is 4.36. The zero-order valence-corrected chi connectivity index (χ0v) is 20.7. The summed E-state index contributed by atoms with van der Waals surface area (Å²) in [6, 6.07) is 9.48. The number of nitrogens with two attached hydrogens (primary N) is 1. The highest BCUT2D eigenvalue weighted by Gasteiger charge is 2.12. The standard InChI is InChI=1S/C22H32N4O3.HI/c1-14(2)10-16(4)28-20-11-15(3)6-7-17(20)12-25-22(24-5)26-13-18-8-9-19(29-18)21(23)27;/h6-9,11,14,16H,10,12-13H2,1-5H3,(H2,23,27)(H2,24,25,26);1H. The number of guanidine groups is 1. The Hall–Kier alpha value is -2.23. The van der Waals surface area contributed by atoms with E-state index in [-0.39, 0.29) is 35.8 Å². The van der Waals surface area contributed by atoms with Crippen LogP contribution < -0.4 is 21.1 Å². The van der Waals surface area contributed by atoms with Crippen LogP contribution in [-0.4, -0.2) is 25.0 Å². The molecule has 4 N–H and O–H groups in total. The maximum atomic E-state index is 11.1. The molecule has 0 saturated carbocycles. The van der Waals surface area contributed by atoms with Gasteiger partial charge in [-0.25, -0.2) is 0 Å². The van der Waals surface area contributed by atoms with E-state index in [1.54, 1.807) is 19.2 Å². The van der Waals surface area contributed by atoms with E-state index in [4.69, 9.17) is 14.9 Å². The lowest BCUT2D eigenvalue weighted by Crippen LogP contribution is -2.36. The summed E-state index contributed by atoms with van der Waals surface area (Å²) in [6.07, 6.45) is 1.15. The number of carbonyl (C=O) groups is 1. The molecule has 0 aliphatic heterocycles. The number of nitrogens with zero attached hydrogens (tertiary/aromatic N) is 1. The second kappa shape index (κ2) is 12.5. The molecule has 0 radical (unpaired) electrons. The zero-order chi connectivity index (χ0) is 21.4. The van der Waals surface area contributed by atoms with Crippen molar-refractivity contribution in [3.05, 3.63) is 53.0 Å². The molecule has 0 aliphatic carbocycles. The molecule has 2 rings (SSSR count). The number of nitrogens with one attached hydrogen (secondary N) is 2. The normalized spacial score (nSPS) is 12.3. The number of aliphatic imine (C=N–C) groups is 1. The molecular weight excluding hydrogens is 495 g/mol. The van der Waals surface area contributed by atoms with E-state index < -0.39 is 5.91 Å². The molecule has 2 aromatic rings. The SMILES string of the molecule is CN=C(NCc1ccc(C(N)=O)o1)NCc1ccc(C)cc1OC(C)CC(C)C.I. The Labute approximate surface area is 195 Å². The van der Waals surface area contributed by atoms with E-state index in [0.717, 1.165) is 23.3 Å². The highest BCUT2D eigenvalue weighted by Crippen LogP contribution is 2.23. The molecule has 1 atom stereocenters. The van der Waals surface area contributed by atoms with Gasteiger partial charge in [0.1, 0.15) is 11.5 Å². The van der Waals surface area contributed by atoms with E-state index in [1.807, 2.05) is 0 Å². The lowest BCUT2D eigenvalue weighted by Gasteiger charge is -2.20. The number of primary amides is 1. The van der Waals surface area contributed by atoms with Gasteiger partial charge >= 0.3 is 0 Å². The maximum Gasteiger partial charge on any atom is 0.284 e. The number of carbonyl (C=O) groups excluding carboxylic acids is 1. The second-order valence-corrected chi connectivity index (χ2v) is 7.58. The van der Waals surface area contributed by atoms with Crippen molar-refractivity contribution in [2.45, 2.75) is 53.3 Å². The molecule has 0 fully saturated rings. The Bertz CT molecular complexity index is 849. The summed E-state index contributed by atoms with van der Waals surface area (Å²) in [7, 11) is 1.70. The minimum Gasteiger partial charge on any atom is -0.490 e. The van der Waals surface area contributed by atoms with Crippen molar-refractivity contribution in [2.24, 2.45) is 16.6 Å². The number of hydrogen-bond donors (Lipinski definition) is 3. The van der Waals surface area contributed by atoms with Crippen LogP contribution in [0.2, 0.25) is 0 Å². The average Bonchev–Trinajstić information content (AvgIpc) is 3.12. The molecule has 1 aromatic carbocycles. The third-order valence-electron chi connectivity index (χ3n) is 4.36. The van der Waals surface area contributed by atoms with Gasteiger partial charge in [0.15, 0.2) is 11.7 Å². The Morgan fingerprint density at radius 3 is 2.47 bits per heavy atom. The first-order valence-electron chi connectivity index (χ1n) is 9.87. The number of aryl methyl sites for hydroxylation is 1. The fraction of sp³-hybridized carbons (Fsp3) is 0.455. The van der Waals surface area contributed by atoms with Gasteiger partial charge in [0, 0.05) is 19.2 Å². The number of furan rings is 1. The molecule has 166 valence electrons. The molecule has 1 aromatic heterocycles. The van der Waals surface area contributed by atoms with E-state index in [0.29, 0.717) is 30.7 Å². The lowest BCUT2D eigenvalue weighted by molar-refractivity contribution is 0.0972.